The first-order valence-corrected chi connectivity index (χ1v) is 7.41. The Labute approximate surface area is 124 Å². The molecule has 7 nitrogen and oxygen atoms in total. The molecule has 1 aromatic rings. The summed E-state index contributed by atoms with van der Waals surface area (Å²) in [6.45, 7) is 5.67. The van der Waals surface area contributed by atoms with Gasteiger partial charge >= 0.3 is 6.03 Å². The van der Waals surface area contributed by atoms with Crippen molar-refractivity contribution in [1.82, 2.24) is 20.4 Å². The van der Waals surface area contributed by atoms with Crippen LogP contribution in [0.1, 0.15) is 57.3 Å². The Morgan fingerprint density at radius 1 is 1.48 bits per heavy atom. The third-order valence-corrected chi connectivity index (χ3v) is 3.86. The number of hydrogen-bond donors (Lipinski definition) is 2. The minimum absolute atomic E-state index is 0.0807. The second kappa shape index (κ2) is 6.43. The molecule has 2 rings (SSSR count). The molecule has 2 N–H and O–H groups in total. The summed E-state index contributed by atoms with van der Waals surface area (Å²) in [6.07, 6.45) is 2.21. The number of likely N-dealkylation sites (N-methyl/N-ethyl adjacent to an activating group) is 1. The molecular weight excluding hydrogens is 272 g/mol. The zero-order valence-electron chi connectivity index (χ0n) is 13.0. The van der Waals surface area contributed by atoms with E-state index in [1.807, 2.05) is 13.8 Å². The molecular formula is C14H24N4O3. The first-order valence-electron chi connectivity index (χ1n) is 7.41. The van der Waals surface area contributed by atoms with Crippen molar-refractivity contribution in [1.29, 1.82) is 0 Å². The van der Waals surface area contributed by atoms with Crippen molar-refractivity contribution in [3.63, 3.8) is 0 Å². The highest BCUT2D eigenvalue weighted by molar-refractivity contribution is 5.74. The summed E-state index contributed by atoms with van der Waals surface area (Å²) >= 11 is 0. The van der Waals surface area contributed by atoms with Crippen LogP contribution in [0.4, 0.5) is 4.79 Å². The van der Waals surface area contributed by atoms with Crippen molar-refractivity contribution in [2.45, 2.75) is 51.6 Å². The van der Waals surface area contributed by atoms with Gasteiger partial charge in [0, 0.05) is 13.0 Å². The SMILES string of the molecule is CC(C)C(NC(=O)N(C)C(C)CO)c1nc(C2CC2)no1. The lowest BCUT2D eigenvalue weighted by molar-refractivity contribution is 0.150. The van der Waals surface area contributed by atoms with Gasteiger partial charge in [0.1, 0.15) is 6.04 Å². The Balaban J connectivity index is 2.05. The summed E-state index contributed by atoms with van der Waals surface area (Å²) in [5, 5.41) is 16.0. The number of aromatic nitrogens is 2. The van der Waals surface area contributed by atoms with Crippen molar-refractivity contribution >= 4 is 6.03 Å². The highest BCUT2D eigenvalue weighted by atomic mass is 16.5. The van der Waals surface area contributed by atoms with Gasteiger partial charge in [-0.25, -0.2) is 4.79 Å². The van der Waals surface area contributed by atoms with Crippen LogP contribution in [0.5, 0.6) is 0 Å². The maximum atomic E-state index is 12.2. The summed E-state index contributed by atoms with van der Waals surface area (Å²) in [7, 11) is 1.65. The number of rotatable bonds is 6. The van der Waals surface area contributed by atoms with Crippen molar-refractivity contribution in [2.24, 2.45) is 5.92 Å². The van der Waals surface area contributed by atoms with E-state index >= 15 is 0 Å². The number of amides is 2. The molecule has 21 heavy (non-hydrogen) atoms. The van der Waals surface area contributed by atoms with Crippen LogP contribution in [0.2, 0.25) is 0 Å². The van der Waals surface area contributed by atoms with E-state index < -0.39 is 0 Å². The van der Waals surface area contributed by atoms with Gasteiger partial charge in [0.15, 0.2) is 5.82 Å². The summed E-state index contributed by atoms with van der Waals surface area (Å²) < 4.78 is 5.31. The fraction of sp³-hybridized carbons (Fsp3) is 0.786. The summed E-state index contributed by atoms with van der Waals surface area (Å²) in [5.41, 5.74) is 0. The molecule has 0 saturated heterocycles. The molecule has 1 saturated carbocycles. The molecule has 2 atom stereocenters. The number of nitrogens with zero attached hydrogens (tertiary/aromatic N) is 3. The third-order valence-electron chi connectivity index (χ3n) is 3.86. The van der Waals surface area contributed by atoms with E-state index in [2.05, 4.69) is 15.5 Å². The van der Waals surface area contributed by atoms with Gasteiger partial charge in [0.25, 0.3) is 0 Å². The molecule has 0 radical (unpaired) electrons. The third kappa shape index (κ3) is 3.72. The van der Waals surface area contributed by atoms with Crippen LogP contribution in [0.25, 0.3) is 0 Å². The standard InChI is InChI=1S/C14H24N4O3/c1-8(2)11(15-14(20)18(4)9(3)7-19)13-16-12(17-21-13)10-5-6-10/h8-11,19H,5-7H2,1-4H3,(H,15,20). The molecule has 0 spiro atoms. The maximum absolute atomic E-state index is 12.2. The molecule has 1 heterocycles. The van der Waals surface area contributed by atoms with E-state index in [0.717, 1.165) is 18.7 Å². The first kappa shape index (κ1) is 15.8. The van der Waals surface area contributed by atoms with Crippen LogP contribution in [0, 0.1) is 5.92 Å². The zero-order valence-corrected chi connectivity index (χ0v) is 13.0. The molecule has 7 heteroatoms. The average Bonchev–Trinajstić information content (AvgIpc) is 3.20. The molecule has 0 aromatic carbocycles. The largest absolute Gasteiger partial charge is 0.394 e. The van der Waals surface area contributed by atoms with Gasteiger partial charge in [-0.1, -0.05) is 19.0 Å². The second-order valence-corrected chi connectivity index (χ2v) is 6.08. The quantitative estimate of drug-likeness (QED) is 0.833. The van der Waals surface area contributed by atoms with Crippen molar-refractivity contribution in [3.8, 4) is 0 Å². The fourth-order valence-corrected chi connectivity index (χ4v) is 1.95. The number of aliphatic hydroxyl groups is 1. The zero-order chi connectivity index (χ0) is 15.6. The molecule has 0 aliphatic heterocycles. The number of aliphatic hydroxyl groups excluding tert-OH is 1. The normalized spacial score (nSPS) is 17.6. The summed E-state index contributed by atoms with van der Waals surface area (Å²) in [4.78, 5) is 18.1. The van der Waals surface area contributed by atoms with Crippen LogP contribution >= 0.6 is 0 Å². The first-order chi connectivity index (χ1) is 9.93. The van der Waals surface area contributed by atoms with Crippen LogP contribution in [-0.4, -0.2) is 45.9 Å². The minimum atomic E-state index is -0.328. The van der Waals surface area contributed by atoms with Gasteiger partial charge in [0.2, 0.25) is 5.89 Å². The average molecular weight is 296 g/mol. The predicted molar refractivity (Wildman–Crippen MR) is 76.7 cm³/mol. The highest BCUT2D eigenvalue weighted by Crippen LogP contribution is 2.38. The second-order valence-electron chi connectivity index (χ2n) is 6.08. The molecule has 1 aliphatic carbocycles. The van der Waals surface area contributed by atoms with Gasteiger partial charge in [-0.15, -0.1) is 0 Å². The smallest absolute Gasteiger partial charge is 0.318 e. The lowest BCUT2D eigenvalue weighted by Gasteiger charge is -2.27. The van der Waals surface area contributed by atoms with E-state index in [1.165, 1.54) is 4.90 Å². The monoisotopic (exact) mass is 296 g/mol. The van der Waals surface area contributed by atoms with Crippen LogP contribution in [0.3, 0.4) is 0 Å². The Hall–Kier alpha value is -1.63. The topological polar surface area (TPSA) is 91.5 Å². The molecule has 0 bridgehead atoms. The van der Waals surface area contributed by atoms with Gasteiger partial charge in [-0.05, 0) is 25.7 Å². The van der Waals surface area contributed by atoms with Crippen LogP contribution < -0.4 is 5.32 Å². The number of urea groups is 1. The van der Waals surface area contributed by atoms with Gasteiger partial charge in [-0.2, -0.15) is 4.98 Å². The van der Waals surface area contributed by atoms with Gasteiger partial charge < -0.3 is 19.8 Å². The van der Waals surface area contributed by atoms with Gasteiger partial charge in [0.05, 0.1) is 12.6 Å². The van der Waals surface area contributed by atoms with Crippen molar-refractivity contribution in [2.75, 3.05) is 13.7 Å². The molecule has 1 aliphatic rings. The van der Waals surface area contributed by atoms with E-state index in [0.29, 0.717) is 11.8 Å². The summed E-state index contributed by atoms with van der Waals surface area (Å²) in [6, 6.07) is -0.838. The number of hydrogen-bond acceptors (Lipinski definition) is 5. The van der Waals surface area contributed by atoms with Crippen molar-refractivity contribution < 1.29 is 14.4 Å². The van der Waals surface area contributed by atoms with E-state index in [9.17, 15) is 4.79 Å². The van der Waals surface area contributed by atoms with E-state index in [-0.39, 0.29) is 30.6 Å². The predicted octanol–water partition coefficient (Wildman–Crippen LogP) is 1.67. The number of carbonyl (C=O) groups is 1. The maximum Gasteiger partial charge on any atom is 0.318 e. The Morgan fingerprint density at radius 2 is 2.14 bits per heavy atom. The Kier molecular flexibility index (Phi) is 4.82. The highest BCUT2D eigenvalue weighted by Gasteiger charge is 2.32. The molecule has 118 valence electrons. The lowest BCUT2D eigenvalue weighted by atomic mass is 10.0. The van der Waals surface area contributed by atoms with Crippen LogP contribution in [-0.2, 0) is 0 Å². The molecule has 2 amide bonds. The molecule has 1 aromatic heterocycles. The van der Waals surface area contributed by atoms with Crippen molar-refractivity contribution in [3.05, 3.63) is 11.7 Å². The summed E-state index contributed by atoms with van der Waals surface area (Å²) in [5.74, 6) is 1.73. The Bertz CT molecular complexity index is 484. The molecule has 2 unspecified atom stereocenters. The van der Waals surface area contributed by atoms with E-state index in [1.54, 1.807) is 14.0 Å². The fourth-order valence-electron chi connectivity index (χ4n) is 1.95. The van der Waals surface area contributed by atoms with Gasteiger partial charge in [-0.3, -0.25) is 0 Å². The van der Waals surface area contributed by atoms with Crippen LogP contribution in [0.15, 0.2) is 4.52 Å². The Morgan fingerprint density at radius 3 is 2.67 bits per heavy atom. The number of carbonyl (C=O) groups excluding carboxylic acids is 1. The van der Waals surface area contributed by atoms with E-state index in [4.69, 9.17) is 9.63 Å². The molecule has 1 fully saturated rings. The lowest BCUT2D eigenvalue weighted by Crippen LogP contribution is -2.46. The number of nitrogens with one attached hydrogen (secondary N) is 1. The minimum Gasteiger partial charge on any atom is -0.394 e.